The Bertz CT molecular complexity index is 1270. The number of nitrogens with zero attached hydrogens (tertiary/aromatic N) is 3. The van der Waals surface area contributed by atoms with Gasteiger partial charge in [-0.2, -0.15) is 36.7 Å². The maximum atomic E-state index is 12.9. The van der Waals surface area contributed by atoms with Gasteiger partial charge in [0.15, 0.2) is 5.69 Å². The molecule has 0 aliphatic carbocycles. The molecule has 37 heavy (non-hydrogen) atoms. The number of hydrazine groups is 1. The van der Waals surface area contributed by atoms with E-state index in [9.17, 15) is 39.9 Å². The van der Waals surface area contributed by atoms with Gasteiger partial charge in [0, 0.05) is 13.2 Å². The van der Waals surface area contributed by atoms with E-state index < -0.39 is 36.1 Å². The second-order valence-corrected chi connectivity index (χ2v) is 8.81. The van der Waals surface area contributed by atoms with Crippen LogP contribution < -0.4 is 17.0 Å². The summed E-state index contributed by atoms with van der Waals surface area (Å²) in [4.78, 5) is 9.72. The van der Waals surface area contributed by atoms with Crippen molar-refractivity contribution in [2.45, 2.75) is 18.8 Å². The summed E-state index contributed by atoms with van der Waals surface area (Å²) in [6, 6.07) is 9.84. The summed E-state index contributed by atoms with van der Waals surface area (Å²) in [5.74, 6) is 2.24. The molecule has 0 atom stereocenters. The van der Waals surface area contributed by atoms with Crippen molar-refractivity contribution in [2.75, 3.05) is 11.2 Å². The molecule has 3 rings (SSSR count). The Kier molecular flexibility index (Phi) is 12.0. The van der Waals surface area contributed by atoms with E-state index in [1.807, 2.05) is 22.6 Å². The van der Waals surface area contributed by atoms with Crippen molar-refractivity contribution in [1.82, 2.24) is 9.78 Å². The molecule has 7 nitrogen and oxygen atoms in total. The summed E-state index contributed by atoms with van der Waals surface area (Å²) in [7, 11) is 0. The summed E-state index contributed by atoms with van der Waals surface area (Å²) in [5, 5.41) is 11.0. The fourth-order valence-corrected chi connectivity index (χ4v) is 3.50. The van der Waals surface area contributed by atoms with Crippen molar-refractivity contribution in [3.05, 3.63) is 66.9 Å². The number of hydrogen-bond donors (Lipinski definition) is 3. The molecular weight excluding hydrogens is 746 g/mol. The lowest BCUT2D eigenvalue weighted by atomic mass is 10.3. The zero-order chi connectivity index (χ0) is 28.6. The average molecular weight is 760 g/mol. The second kappa shape index (κ2) is 13.7. The molecule has 1 aromatic heterocycles. The molecule has 0 aliphatic rings. The molecule has 3 aromatic rings. The van der Waals surface area contributed by atoms with Gasteiger partial charge in [-0.15, -0.1) is 0 Å². The molecule has 200 valence electrons. The lowest BCUT2D eigenvalue weighted by Crippen LogP contribution is -2.21. The van der Waals surface area contributed by atoms with E-state index in [0.29, 0.717) is 9.26 Å². The summed E-state index contributed by atoms with van der Waals surface area (Å²) >= 11 is 3.80. The number of nitrogen functional groups attached to an aromatic ring is 2. The predicted molar refractivity (Wildman–Crippen MR) is 134 cm³/mol. The average Bonchev–Trinajstić information content (AvgIpc) is 3.16. The van der Waals surface area contributed by atoms with Crippen molar-refractivity contribution in [2.24, 2.45) is 5.84 Å². The first-order chi connectivity index (χ1) is 17.0. The fraction of sp³-hybridized carbons (Fsp3) is 0.150. The summed E-state index contributed by atoms with van der Waals surface area (Å²) in [6.45, 7) is 0. The number of nitrogens with one attached hydrogen (secondary N) is 1. The van der Waals surface area contributed by atoms with E-state index in [1.54, 1.807) is 28.7 Å². The van der Waals surface area contributed by atoms with Gasteiger partial charge < -0.3 is 11.2 Å². The zero-order valence-corrected chi connectivity index (χ0v) is 22.2. The number of aromatic nitrogens is 2. The van der Waals surface area contributed by atoms with Crippen molar-refractivity contribution >= 4 is 62.5 Å². The van der Waals surface area contributed by atoms with Gasteiger partial charge in [0.25, 0.3) is 0 Å². The smallest absolute Gasteiger partial charge is 0.384 e. The molecule has 1 heterocycles. The molecule has 0 amide bonds. The minimum atomic E-state index is -4.85. The number of halogens is 10. The van der Waals surface area contributed by atoms with Crippen LogP contribution in [0.4, 0.5) is 46.6 Å². The standard InChI is InChI=1S/C10H6F4IN3.C6H6FIN2.C4H2F3NO/c11-5-1-2-7(6(15)3-5)18-9(16)4-8(17-18)10(12,13)14;7-4-1-2-6(10-9)5(8)3-4;5-4(6,7)3(9)1-2-8/h1-4H,16H2;1-3,10H,9H2;1H2. The number of anilines is 2. The number of Topliss-reactive ketones (excluding diaryl/α,β-unsaturated/α-hetero) is 1. The van der Waals surface area contributed by atoms with Crippen LogP contribution in [-0.2, 0) is 11.0 Å². The molecule has 2 aromatic carbocycles. The number of carbonyl (C=O) groups excluding carboxylic acids is 1. The van der Waals surface area contributed by atoms with Crippen LogP contribution in [0.3, 0.4) is 0 Å². The minimum absolute atomic E-state index is 0.160. The number of nitrogens with two attached hydrogens (primary N) is 2. The van der Waals surface area contributed by atoms with E-state index in [4.69, 9.17) is 16.8 Å². The Morgan fingerprint density at radius 3 is 1.92 bits per heavy atom. The topological polar surface area (TPSA) is 123 Å². The quantitative estimate of drug-likeness (QED) is 0.131. The normalized spacial score (nSPS) is 10.9. The minimum Gasteiger partial charge on any atom is -0.384 e. The van der Waals surface area contributed by atoms with Crippen LogP contribution in [0.2, 0.25) is 0 Å². The highest BCUT2D eigenvalue weighted by atomic mass is 127. The Morgan fingerprint density at radius 1 is 1.00 bits per heavy atom. The number of carbonyl (C=O) groups is 1. The molecule has 0 bridgehead atoms. The van der Waals surface area contributed by atoms with Gasteiger partial charge in [-0.25, -0.2) is 13.5 Å². The molecule has 0 saturated heterocycles. The molecular formula is C20H14F8I2N6O. The van der Waals surface area contributed by atoms with Crippen LogP contribution in [0.5, 0.6) is 0 Å². The highest BCUT2D eigenvalue weighted by molar-refractivity contribution is 14.1. The van der Waals surface area contributed by atoms with E-state index in [1.165, 1.54) is 24.3 Å². The van der Waals surface area contributed by atoms with Crippen molar-refractivity contribution in [3.8, 4) is 11.8 Å². The number of benzene rings is 2. The molecule has 0 spiro atoms. The van der Waals surface area contributed by atoms with Crippen molar-refractivity contribution < 1.29 is 39.9 Å². The Hall–Kier alpha value is -2.73. The first kappa shape index (κ1) is 32.3. The number of rotatable bonds is 3. The molecule has 17 heteroatoms. The number of hydrogen-bond acceptors (Lipinski definition) is 6. The third kappa shape index (κ3) is 10.3. The largest absolute Gasteiger partial charge is 0.451 e. The molecule has 0 radical (unpaired) electrons. The van der Waals surface area contributed by atoms with E-state index in [-0.39, 0.29) is 11.6 Å². The molecule has 0 unspecified atom stereocenters. The second-order valence-electron chi connectivity index (χ2n) is 6.48. The van der Waals surface area contributed by atoms with Crippen molar-refractivity contribution in [3.63, 3.8) is 0 Å². The Balaban J connectivity index is 0.000000306. The fourth-order valence-electron chi connectivity index (χ4n) is 2.16. The van der Waals surface area contributed by atoms with Crippen LogP contribution in [0, 0.1) is 30.1 Å². The molecule has 0 saturated carbocycles. The number of nitriles is 1. The van der Waals surface area contributed by atoms with Crippen LogP contribution in [0.1, 0.15) is 12.1 Å². The summed E-state index contributed by atoms with van der Waals surface area (Å²) in [5.41, 5.74) is 7.88. The summed E-state index contributed by atoms with van der Waals surface area (Å²) in [6.07, 6.45) is -10.5. The van der Waals surface area contributed by atoms with Gasteiger partial charge in [-0.05, 0) is 81.6 Å². The Morgan fingerprint density at radius 2 is 1.54 bits per heavy atom. The van der Waals surface area contributed by atoms with Gasteiger partial charge in [0.05, 0.1) is 17.4 Å². The van der Waals surface area contributed by atoms with Gasteiger partial charge in [0.2, 0.25) is 5.78 Å². The SMILES string of the molecule is N#CCC(=O)C(F)(F)F.NNc1ccc(F)cc1I.Nc1cc(C(F)(F)F)nn1-c1ccc(F)cc1I. The first-order valence-electron chi connectivity index (χ1n) is 9.28. The van der Waals surface area contributed by atoms with E-state index >= 15 is 0 Å². The monoisotopic (exact) mass is 760 g/mol. The maximum absolute atomic E-state index is 12.9. The van der Waals surface area contributed by atoms with Crippen LogP contribution in [0.15, 0.2) is 42.5 Å². The highest BCUT2D eigenvalue weighted by Gasteiger charge is 2.37. The van der Waals surface area contributed by atoms with Gasteiger partial charge >= 0.3 is 12.4 Å². The van der Waals surface area contributed by atoms with Crippen molar-refractivity contribution in [1.29, 1.82) is 5.26 Å². The lowest BCUT2D eigenvalue weighted by Gasteiger charge is -2.06. The Labute approximate surface area is 231 Å². The van der Waals surface area contributed by atoms with E-state index in [0.717, 1.165) is 32.1 Å². The van der Waals surface area contributed by atoms with Gasteiger partial charge in [-0.3, -0.25) is 10.6 Å². The van der Waals surface area contributed by atoms with Gasteiger partial charge in [0.1, 0.15) is 23.9 Å². The third-order valence-corrected chi connectivity index (χ3v) is 5.56. The predicted octanol–water partition coefficient (Wildman–Crippen LogP) is 5.96. The van der Waals surface area contributed by atoms with Crippen LogP contribution in [0.25, 0.3) is 5.69 Å². The van der Waals surface area contributed by atoms with Crippen LogP contribution >= 0.6 is 45.2 Å². The number of ketones is 1. The number of alkyl halides is 6. The van der Waals surface area contributed by atoms with E-state index in [2.05, 4.69) is 10.5 Å². The maximum Gasteiger partial charge on any atom is 0.451 e. The molecule has 0 aliphatic heterocycles. The first-order valence-corrected chi connectivity index (χ1v) is 11.4. The summed E-state index contributed by atoms with van der Waals surface area (Å²) < 4.78 is 98.3. The highest BCUT2D eigenvalue weighted by Crippen LogP contribution is 2.31. The molecule has 0 fully saturated rings. The van der Waals surface area contributed by atoms with Crippen LogP contribution in [-0.4, -0.2) is 21.7 Å². The third-order valence-electron chi connectivity index (χ3n) is 3.81. The lowest BCUT2D eigenvalue weighted by molar-refractivity contribution is -0.169. The zero-order valence-electron chi connectivity index (χ0n) is 17.9. The van der Waals surface area contributed by atoms with Gasteiger partial charge in [-0.1, -0.05) is 0 Å². The molecule has 5 N–H and O–H groups in total.